The van der Waals surface area contributed by atoms with Crippen molar-refractivity contribution in [3.63, 3.8) is 0 Å². The van der Waals surface area contributed by atoms with Gasteiger partial charge in [-0.2, -0.15) is 0 Å². The van der Waals surface area contributed by atoms with Crippen LogP contribution in [0.4, 0.5) is 0 Å². The maximum Gasteiger partial charge on any atom is 0.296 e. The molecule has 22 heavy (non-hydrogen) atoms. The summed E-state index contributed by atoms with van der Waals surface area (Å²) in [6.07, 6.45) is 6.73. The summed E-state index contributed by atoms with van der Waals surface area (Å²) in [5, 5.41) is 2.31. The summed E-state index contributed by atoms with van der Waals surface area (Å²) >= 11 is 23.7. The van der Waals surface area contributed by atoms with Crippen molar-refractivity contribution >= 4 is 62.1 Å². The highest BCUT2D eigenvalue weighted by molar-refractivity contribution is 7.91. The van der Waals surface area contributed by atoms with E-state index < -0.39 is 25.0 Å². The van der Waals surface area contributed by atoms with Crippen LogP contribution in [0.25, 0.3) is 0 Å². The second kappa shape index (κ2) is 8.64. The van der Waals surface area contributed by atoms with Gasteiger partial charge in [0, 0.05) is 0 Å². The van der Waals surface area contributed by atoms with E-state index in [2.05, 4.69) is 10.3 Å². The van der Waals surface area contributed by atoms with Crippen LogP contribution in [0.2, 0.25) is 0 Å². The van der Waals surface area contributed by atoms with Gasteiger partial charge >= 0.3 is 0 Å². The van der Waals surface area contributed by atoms with Gasteiger partial charge in [-0.1, -0.05) is 40.9 Å². The number of amidine groups is 1. The number of rotatable bonds is 5. The molecular weight excluding hydrogens is 394 g/mol. The van der Waals surface area contributed by atoms with E-state index in [1.807, 2.05) is 0 Å². The molecule has 0 aromatic heterocycles. The van der Waals surface area contributed by atoms with Crippen LogP contribution in [0.3, 0.4) is 0 Å². The van der Waals surface area contributed by atoms with Gasteiger partial charge in [-0.15, -0.1) is 11.6 Å². The van der Waals surface area contributed by atoms with Gasteiger partial charge in [0.05, 0.1) is 30.3 Å². The van der Waals surface area contributed by atoms with Crippen LogP contribution in [0.15, 0.2) is 24.5 Å². The second-order valence-electron chi connectivity index (χ2n) is 4.59. The van der Waals surface area contributed by atoms with E-state index in [0.29, 0.717) is 6.54 Å². The molecule has 1 aliphatic rings. The molecule has 1 saturated heterocycles. The maximum atomic E-state index is 11.6. The zero-order chi connectivity index (χ0) is 16.8. The van der Waals surface area contributed by atoms with Crippen LogP contribution >= 0.6 is 46.4 Å². The van der Waals surface area contributed by atoms with E-state index in [1.54, 1.807) is 25.3 Å². The molecule has 0 saturated carbocycles. The van der Waals surface area contributed by atoms with E-state index >= 15 is 0 Å². The first-order valence-electron chi connectivity index (χ1n) is 6.29. The van der Waals surface area contributed by atoms with Gasteiger partial charge in [0.15, 0.2) is 9.84 Å². The molecule has 0 amide bonds. The molecule has 0 aliphatic carbocycles. The second-order valence-corrected chi connectivity index (χ2v) is 9.59. The van der Waals surface area contributed by atoms with Gasteiger partial charge in [0.2, 0.25) is 0 Å². The van der Waals surface area contributed by atoms with E-state index in [-0.39, 0.29) is 17.3 Å². The number of allylic oxidation sites excluding steroid dienone is 2. The van der Waals surface area contributed by atoms with E-state index in [9.17, 15) is 8.42 Å². The Morgan fingerprint density at radius 3 is 2.55 bits per heavy atom. The number of nitrogens with one attached hydrogen (secondary N) is 2. The number of halogens is 4. The fraction of sp³-hybridized carbons (Fsp3) is 0.583. The minimum Gasteiger partial charge on any atom is -0.504 e. The highest BCUT2D eigenvalue weighted by Gasteiger charge is 2.44. The Labute approximate surface area is 150 Å². The fourth-order valence-electron chi connectivity index (χ4n) is 1.79. The van der Waals surface area contributed by atoms with Crippen LogP contribution in [0.1, 0.15) is 0 Å². The molecule has 1 aliphatic heterocycles. The molecule has 1 fully saturated rings. The van der Waals surface area contributed by atoms with Gasteiger partial charge in [-0.05, 0) is 12.2 Å². The molecule has 1 heterocycles. The molecule has 2 N–H and O–H groups in total. The minimum atomic E-state index is -3.17. The summed E-state index contributed by atoms with van der Waals surface area (Å²) in [5.41, 5.74) is 0. The Balaban J connectivity index is 2.74. The van der Waals surface area contributed by atoms with Crippen molar-refractivity contribution in [2.75, 3.05) is 25.2 Å². The van der Waals surface area contributed by atoms with Crippen molar-refractivity contribution in [1.82, 2.24) is 5.32 Å². The molecule has 2 atom stereocenters. The summed E-state index contributed by atoms with van der Waals surface area (Å²) in [6, 6.07) is -0.512. The van der Waals surface area contributed by atoms with Crippen LogP contribution in [0, 0.1) is 0 Å². The zero-order valence-corrected chi connectivity index (χ0v) is 15.6. The molecule has 0 spiro atoms. The van der Waals surface area contributed by atoms with Crippen molar-refractivity contribution in [3.05, 3.63) is 24.5 Å². The van der Waals surface area contributed by atoms with Crippen LogP contribution in [-0.4, -0.2) is 54.6 Å². The lowest BCUT2D eigenvalue weighted by atomic mass is 10.2. The highest BCUT2D eigenvalue weighted by Crippen LogP contribution is 2.26. The molecule has 5 nitrogen and oxygen atoms in total. The van der Waals surface area contributed by atoms with Crippen molar-refractivity contribution < 1.29 is 18.1 Å². The lowest BCUT2D eigenvalue weighted by Crippen LogP contribution is -2.79. The number of alkyl halides is 4. The van der Waals surface area contributed by atoms with Crippen molar-refractivity contribution in [1.29, 1.82) is 0 Å². The molecule has 0 unspecified atom stereocenters. The SMILES string of the molecule is CO/C=C\C=C\C[NH+]=C(N[C@@H]1CS(=O)(=O)C[C@@H]1Cl)C(Cl)(Cl)Cl. The number of methoxy groups -OCH3 is 1. The van der Waals surface area contributed by atoms with Gasteiger partial charge in [-0.3, -0.25) is 10.3 Å². The Morgan fingerprint density at radius 1 is 1.36 bits per heavy atom. The third kappa shape index (κ3) is 6.96. The van der Waals surface area contributed by atoms with Gasteiger partial charge in [0.1, 0.15) is 12.6 Å². The van der Waals surface area contributed by atoms with Gasteiger partial charge in [0.25, 0.3) is 9.63 Å². The normalized spacial score (nSPS) is 26.0. The van der Waals surface area contributed by atoms with Gasteiger partial charge < -0.3 is 4.74 Å². The van der Waals surface area contributed by atoms with Crippen LogP contribution in [-0.2, 0) is 14.6 Å². The minimum absolute atomic E-state index is 0.0962. The molecule has 0 radical (unpaired) electrons. The fourth-order valence-corrected chi connectivity index (χ4v) is 4.70. The molecule has 1 rings (SSSR count). The first kappa shape index (κ1) is 19.9. The molecule has 0 aromatic carbocycles. The van der Waals surface area contributed by atoms with E-state index in [4.69, 9.17) is 51.1 Å². The number of hydrogen-bond donors (Lipinski definition) is 2. The van der Waals surface area contributed by atoms with Crippen LogP contribution in [0.5, 0.6) is 0 Å². The molecule has 10 heteroatoms. The summed E-state index contributed by atoms with van der Waals surface area (Å²) < 4.78 is 26.1. The summed E-state index contributed by atoms with van der Waals surface area (Å²) in [5.74, 6) is -0.00810. The average molecular weight is 411 g/mol. The van der Waals surface area contributed by atoms with Crippen LogP contribution < -0.4 is 10.3 Å². The Kier molecular flexibility index (Phi) is 7.82. The molecule has 0 aromatic rings. The Hall–Kier alpha value is -0.140. The van der Waals surface area contributed by atoms with Crippen molar-refractivity contribution in [3.8, 4) is 0 Å². The smallest absolute Gasteiger partial charge is 0.296 e. The lowest BCUT2D eigenvalue weighted by Gasteiger charge is -2.15. The molecular formula is C12H17Cl4N2O3S+. The Morgan fingerprint density at radius 2 is 2.05 bits per heavy atom. The van der Waals surface area contributed by atoms with Crippen molar-refractivity contribution in [2.45, 2.75) is 15.2 Å². The third-order valence-corrected chi connectivity index (χ3v) is 5.70. The van der Waals surface area contributed by atoms with Crippen molar-refractivity contribution in [2.24, 2.45) is 0 Å². The highest BCUT2D eigenvalue weighted by atomic mass is 35.6. The first-order valence-corrected chi connectivity index (χ1v) is 9.68. The maximum absolute atomic E-state index is 11.6. The number of sulfone groups is 1. The third-order valence-electron chi connectivity index (χ3n) is 2.75. The lowest BCUT2D eigenvalue weighted by molar-refractivity contribution is -0.448. The van der Waals surface area contributed by atoms with Gasteiger partial charge in [-0.25, -0.2) is 8.42 Å². The number of hydrogen-bond acceptors (Lipinski definition) is 3. The average Bonchev–Trinajstić information content (AvgIpc) is 2.63. The quantitative estimate of drug-likeness (QED) is 0.228. The monoisotopic (exact) mass is 409 g/mol. The molecule has 0 bridgehead atoms. The summed E-state index contributed by atoms with van der Waals surface area (Å²) in [4.78, 5) is 2.91. The summed E-state index contributed by atoms with van der Waals surface area (Å²) in [7, 11) is -1.63. The first-order chi connectivity index (χ1) is 10.2. The zero-order valence-electron chi connectivity index (χ0n) is 11.7. The predicted octanol–water partition coefficient (Wildman–Crippen LogP) is 0.546. The van der Waals surface area contributed by atoms with E-state index in [0.717, 1.165) is 0 Å². The predicted molar refractivity (Wildman–Crippen MR) is 91.6 cm³/mol. The Bertz CT molecular complexity index is 555. The number of ether oxygens (including phenoxy) is 1. The topological polar surface area (TPSA) is 69.4 Å². The molecule has 126 valence electrons. The standard InChI is InChI=1S/C12H16Cl4N2O3S/c1-21-6-4-2-3-5-17-11(12(14,15)16)18-10-8-22(19,20)7-9(10)13/h2-4,6,9-10H,5,7-8H2,1H3,(H,17,18)/p+1/b3-2+,6-4-/t9-,10+/m0/s1. The largest absolute Gasteiger partial charge is 0.504 e. The summed E-state index contributed by atoms with van der Waals surface area (Å²) in [6.45, 7) is 0.372. The van der Waals surface area contributed by atoms with E-state index in [1.165, 1.54) is 6.26 Å².